The van der Waals surface area contributed by atoms with Gasteiger partial charge in [0.2, 0.25) is 16.9 Å². The summed E-state index contributed by atoms with van der Waals surface area (Å²) in [4.78, 5) is 38.1. The zero-order chi connectivity index (χ0) is 21.8. The standard InChI is InChI=1S/C22H21N5O3S/c1-2-18(28)23-16-10-8-14(9-11-16)20(30)24-22-26-25-21(31-22)15-12-19(29)27(13-15)17-6-4-3-5-7-17/h3-11,15H,2,12-13H2,1H3,(H,23,28)(H,24,26,30). The van der Waals surface area contributed by atoms with Crippen molar-refractivity contribution >= 4 is 45.6 Å². The van der Waals surface area contributed by atoms with Gasteiger partial charge in [-0.1, -0.05) is 36.5 Å². The zero-order valence-electron chi connectivity index (χ0n) is 16.9. The number of hydrogen-bond acceptors (Lipinski definition) is 6. The smallest absolute Gasteiger partial charge is 0.257 e. The monoisotopic (exact) mass is 435 g/mol. The second-order valence-corrected chi connectivity index (χ2v) is 8.13. The molecule has 31 heavy (non-hydrogen) atoms. The summed E-state index contributed by atoms with van der Waals surface area (Å²) in [5.74, 6) is -0.413. The van der Waals surface area contributed by atoms with E-state index in [1.165, 1.54) is 11.3 Å². The summed E-state index contributed by atoms with van der Waals surface area (Å²) in [5, 5.41) is 14.8. The molecule has 0 bridgehead atoms. The Morgan fingerprint density at radius 2 is 1.81 bits per heavy atom. The van der Waals surface area contributed by atoms with Crippen LogP contribution in [0.2, 0.25) is 0 Å². The Bertz CT molecular complexity index is 1100. The molecule has 0 aliphatic carbocycles. The van der Waals surface area contributed by atoms with Crippen LogP contribution in [-0.4, -0.2) is 34.5 Å². The van der Waals surface area contributed by atoms with E-state index in [2.05, 4.69) is 20.8 Å². The molecule has 3 amide bonds. The second-order valence-electron chi connectivity index (χ2n) is 7.12. The lowest BCUT2D eigenvalue weighted by atomic mass is 10.1. The molecule has 1 unspecified atom stereocenters. The Morgan fingerprint density at radius 1 is 1.06 bits per heavy atom. The average molecular weight is 436 g/mol. The van der Waals surface area contributed by atoms with Crippen molar-refractivity contribution in [3.05, 3.63) is 65.2 Å². The van der Waals surface area contributed by atoms with E-state index in [1.807, 2.05) is 30.3 Å². The lowest BCUT2D eigenvalue weighted by Crippen LogP contribution is -2.24. The number of amides is 3. The van der Waals surface area contributed by atoms with Gasteiger partial charge in [-0.2, -0.15) is 0 Å². The number of carbonyl (C=O) groups is 3. The topological polar surface area (TPSA) is 104 Å². The van der Waals surface area contributed by atoms with E-state index in [0.29, 0.717) is 35.8 Å². The highest BCUT2D eigenvalue weighted by Gasteiger charge is 2.33. The lowest BCUT2D eigenvalue weighted by molar-refractivity contribution is -0.117. The maximum Gasteiger partial charge on any atom is 0.257 e. The minimum atomic E-state index is -0.315. The Hall–Kier alpha value is -3.59. The number of benzene rings is 2. The molecular formula is C22H21N5O3S. The third-order valence-electron chi connectivity index (χ3n) is 4.96. The summed E-state index contributed by atoms with van der Waals surface area (Å²) in [6.45, 7) is 2.31. The molecule has 1 atom stereocenters. The molecule has 2 N–H and O–H groups in total. The molecule has 1 aromatic heterocycles. The molecule has 8 nitrogen and oxygen atoms in total. The Labute approximate surface area is 183 Å². The van der Waals surface area contributed by atoms with E-state index in [9.17, 15) is 14.4 Å². The maximum absolute atomic E-state index is 12.5. The number of carbonyl (C=O) groups excluding carboxylic acids is 3. The molecule has 1 aliphatic rings. The quantitative estimate of drug-likeness (QED) is 0.615. The second kappa shape index (κ2) is 9.05. The first-order valence-electron chi connectivity index (χ1n) is 9.93. The van der Waals surface area contributed by atoms with Crippen LogP contribution in [-0.2, 0) is 9.59 Å². The molecule has 0 spiro atoms. The fraction of sp³-hybridized carbons (Fsp3) is 0.227. The summed E-state index contributed by atoms with van der Waals surface area (Å²) < 4.78 is 0. The lowest BCUT2D eigenvalue weighted by Gasteiger charge is -2.15. The van der Waals surface area contributed by atoms with Gasteiger partial charge in [0.15, 0.2) is 0 Å². The molecule has 2 aromatic carbocycles. The van der Waals surface area contributed by atoms with E-state index in [0.717, 1.165) is 10.7 Å². The van der Waals surface area contributed by atoms with Crippen molar-refractivity contribution in [1.82, 2.24) is 10.2 Å². The Morgan fingerprint density at radius 3 is 2.52 bits per heavy atom. The van der Waals surface area contributed by atoms with Gasteiger partial charge in [-0.25, -0.2) is 0 Å². The summed E-state index contributed by atoms with van der Waals surface area (Å²) in [7, 11) is 0. The van der Waals surface area contributed by atoms with Crippen LogP contribution in [0.25, 0.3) is 0 Å². The number of nitrogens with zero attached hydrogens (tertiary/aromatic N) is 3. The molecular weight excluding hydrogens is 414 g/mol. The van der Waals surface area contributed by atoms with Crippen LogP contribution in [0.3, 0.4) is 0 Å². The summed E-state index contributed by atoms with van der Waals surface area (Å²) in [5.41, 5.74) is 1.94. The van der Waals surface area contributed by atoms with E-state index in [1.54, 1.807) is 36.1 Å². The predicted octanol–water partition coefficient (Wildman–Crippen LogP) is 3.66. The molecule has 1 aliphatic heterocycles. The average Bonchev–Trinajstić information content (AvgIpc) is 3.41. The van der Waals surface area contributed by atoms with Gasteiger partial charge >= 0.3 is 0 Å². The Kier molecular flexibility index (Phi) is 6.03. The van der Waals surface area contributed by atoms with E-state index in [4.69, 9.17) is 0 Å². The molecule has 0 saturated carbocycles. The zero-order valence-corrected chi connectivity index (χ0v) is 17.7. The van der Waals surface area contributed by atoms with Gasteiger partial charge in [0.05, 0.1) is 0 Å². The van der Waals surface area contributed by atoms with Crippen LogP contribution < -0.4 is 15.5 Å². The van der Waals surface area contributed by atoms with Crippen molar-refractivity contribution in [3.63, 3.8) is 0 Å². The first kappa shape index (κ1) is 20.7. The number of hydrogen-bond donors (Lipinski definition) is 2. The van der Waals surface area contributed by atoms with Crippen LogP contribution in [0.4, 0.5) is 16.5 Å². The third-order valence-corrected chi connectivity index (χ3v) is 5.96. The van der Waals surface area contributed by atoms with Crippen LogP contribution in [0, 0.1) is 0 Å². The fourth-order valence-corrected chi connectivity index (χ4v) is 4.13. The van der Waals surface area contributed by atoms with Crippen molar-refractivity contribution in [1.29, 1.82) is 0 Å². The SMILES string of the molecule is CCC(=O)Nc1ccc(C(=O)Nc2nnc(C3CC(=O)N(c4ccccc4)C3)s2)cc1. The molecule has 2 heterocycles. The summed E-state index contributed by atoms with van der Waals surface area (Å²) in [6.07, 6.45) is 0.750. The number of aromatic nitrogens is 2. The van der Waals surface area contributed by atoms with Crippen molar-refractivity contribution in [2.75, 3.05) is 22.1 Å². The molecule has 158 valence electrons. The minimum absolute atomic E-state index is 0.0484. The van der Waals surface area contributed by atoms with Gasteiger partial charge in [-0.15, -0.1) is 10.2 Å². The number of rotatable bonds is 6. The highest BCUT2D eigenvalue weighted by molar-refractivity contribution is 7.15. The van der Waals surface area contributed by atoms with Crippen molar-refractivity contribution in [2.45, 2.75) is 25.7 Å². The van der Waals surface area contributed by atoms with Gasteiger partial charge in [-0.05, 0) is 36.4 Å². The van der Waals surface area contributed by atoms with Crippen LogP contribution in [0.1, 0.15) is 41.0 Å². The molecule has 0 radical (unpaired) electrons. The largest absolute Gasteiger partial charge is 0.326 e. The van der Waals surface area contributed by atoms with Crippen LogP contribution in [0.15, 0.2) is 54.6 Å². The van der Waals surface area contributed by atoms with Crippen molar-refractivity contribution in [3.8, 4) is 0 Å². The number of nitrogens with one attached hydrogen (secondary N) is 2. The molecule has 3 aromatic rings. The van der Waals surface area contributed by atoms with Gasteiger partial charge in [0.25, 0.3) is 5.91 Å². The molecule has 1 saturated heterocycles. The molecule has 4 rings (SSSR count). The van der Waals surface area contributed by atoms with Crippen LogP contribution >= 0.6 is 11.3 Å². The van der Waals surface area contributed by atoms with Gasteiger partial charge in [0.1, 0.15) is 5.01 Å². The third kappa shape index (κ3) is 4.77. The first-order chi connectivity index (χ1) is 15.0. The Balaban J connectivity index is 1.38. The maximum atomic E-state index is 12.5. The normalized spacial score (nSPS) is 15.7. The van der Waals surface area contributed by atoms with Crippen LogP contribution in [0.5, 0.6) is 0 Å². The highest BCUT2D eigenvalue weighted by atomic mass is 32.1. The van der Waals surface area contributed by atoms with E-state index < -0.39 is 0 Å². The first-order valence-corrected chi connectivity index (χ1v) is 10.7. The fourth-order valence-electron chi connectivity index (χ4n) is 3.30. The van der Waals surface area contributed by atoms with E-state index in [-0.39, 0.29) is 23.6 Å². The number of para-hydroxylation sites is 1. The van der Waals surface area contributed by atoms with Crippen molar-refractivity contribution in [2.24, 2.45) is 0 Å². The number of anilines is 3. The highest BCUT2D eigenvalue weighted by Crippen LogP contribution is 2.34. The summed E-state index contributed by atoms with van der Waals surface area (Å²) >= 11 is 1.28. The van der Waals surface area contributed by atoms with Gasteiger partial charge < -0.3 is 10.2 Å². The predicted molar refractivity (Wildman–Crippen MR) is 119 cm³/mol. The molecule has 1 fully saturated rings. The molecule has 9 heteroatoms. The summed E-state index contributed by atoms with van der Waals surface area (Å²) in [6, 6.07) is 16.2. The minimum Gasteiger partial charge on any atom is -0.326 e. The van der Waals surface area contributed by atoms with Gasteiger partial charge in [0, 0.05) is 42.2 Å². The van der Waals surface area contributed by atoms with Gasteiger partial charge in [-0.3, -0.25) is 19.7 Å². The van der Waals surface area contributed by atoms with E-state index >= 15 is 0 Å². The van der Waals surface area contributed by atoms with Crippen molar-refractivity contribution < 1.29 is 14.4 Å².